The quantitative estimate of drug-likeness (QED) is 0.877. The number of hydrogen-bond acceptors (Lipinski definition) is 5. The van der Waals surface area contributed by atoms with Gasteiger partial charge in [0.25, 0.3) is 0 Å². The lowest BCUT2D eigenvalue weighted by atomic mass is 9.85. The van der Waals surface area contributed by atoms with Crippen molar-refractivity contribution in [3.8, 4) is 11.5 Å². The van der Waals surface area contributed by atoms with Gasteiger partial charge in [-0.25, -0.2) is 0 Å². The number of aliphatic hydroxyl groups is 1. The highest BCUT2D eigenvalue weighted by atomic mass is 16.7. The molecule has 1 atom stereocenters. The summed E-state index contributed by atoms with van der Waals surface area (Å²) in [4.78, 5) is 0. The molecule has 5 heteroatoms. The molecule has 0 aromatic heterocycles. The minimum absolute atomic E-state index is 0.454. The van der Waals surface area contributed by atoms with Gasteiger partial charge in [0.05, 0.1) is 33.5 Å². The number of hydrogen-bond donors (Lipinski definition) is 1. The first-order valence-corrected chi connectivity index (χ1v) is 6.38. The van der Waals surface area contributed by atoms with Crippen molar-refractivity contribution >= 4 is 0 Å². The van der Waals surface area contributed by atoms with Crippen molar-refractivity contribution in [3.05, 3.63) is 23.3 Å². The lowest BCUT2D eigenvalue weighted by Crippen LogP contribution is -2.38. The van der Waals surface area contributed by atoms with Crippen LogP contribution >= 0.6 is 0 Å². The van der Waals surface area contributed by atoms with Gasteiger partial charge < -0.3 is 24.1 Å². The standard InChI is InChI=1S/C14H18O5/c1-16-12-5-9-7-14(18-3-4-19-14)8-11(15)10(9)6-13(12)17-2/h5-6,11,15H,3-4,7-8H2,1-2H3/t11-/m1/s1. The van der Waals surface area contributed by atoms with E-state index in [0.29, 0.717) is 37.6 Å². The average Bonchev–Trinajstić information content (AvgIpc) is 2.85. The van der Waals surface area contributed by atoms with E-state index >= 15 is 0 Å². The summed E-state index contributed by atoms with van der Waals surface area (Å²) in [5.74, 6) is 0.611. The summed E-state index contributed by atoms with van der Waals surface area (Å²) in [5.41, 5.74) is 1.85. The second kappa shape index (κ2) is 4.67. The molecule has 1 N–H and O–H groups in total. The van der Waals surface area contributed by atoms with Crippen LogP contribution in [0.15, 0.2) is 12.1 Å². The maximum absolute atomic E-state index is 10.3. The molecule has 1 heterocycles. The van der Waals surface area contributed by atoms with Crippen molar-refractivity contribution in [2.45, 2.75) is 24.7 Å². The monoisotopic (exact) mass is 266 g/mol. The van der Waals surface area contributed by atoms with Crippen LogP contribution in [0.3, 0.4) is 0 Å². The van der Waals surface area contributed by atoms with Crippen molar-refractivity contribution in [3.63, 3.8) is 0 Å². The first kappa shape index (κ1) is 12.7. The molecule has 1 spiro atoms. The summed E-state index contributed by atoms with van der Waals surface area (Å²) in [6.07, 6.45) is 0.469. The van der Waals surface area contributed by atoms with Crippen LogP contribution in [-0.2, 0) is 15.9 Å². The summed E-state index contributed by atoms with van der Waals surface area (Å²) in [7, 11) is 3.19. The van der Waals surface area contributed by atoms with Crippen molar-refractivity contribution < 1.29 is 24.1 Å². The second-order valence-electron chi connectivity index (χ2n) is 4.91. The summed E-state index contributed by atoms with van der Waals surface area (Å²) in [5, 5.41) is 10.3. The smallest absolute Gasteiger partial charge is 0.175 e. The Bertz CT molecular complexity index is 479. The van der Waals surface area contributed by atoms with E-state index in [4.69, 9.17) is 18.9 Å². The third-order valence-corrected chi connectivity index (χ3v) is 3.78. The fourth-order valence-corrected chi connectivity index (χ4v) is 2.88. The van der Waals surface area contributed by atoms with Crippen LogP contribution in [0.4, 0.5) is 0 Å². The molecule has 1 aliphatic heterocycles. The maximum Gasteiger partial charge on any atom is 0.175 e. The highest BCUT2D eigenvalue weighted by Crippen LogP contribution is 2.44. The molecule has 19 heavy (non-hydrogen) atoms. The third-order valence-electron chi connectivity index (χ3n) is 3.78. The van der Waals surface area contributed by atoms with Gasteiger partial charge in [-0.3, -0.25) is 0 Å². The maximum atomic E-state index is 10.3. The number of fused-ring (bicyclic) bond motifs is 1. The molecule has 0 bridgehead atoms. The molecule has 1 fully saturated rings. The van der Waals surface area contributed by atoms with Gasteiger partial charge >= 0.3 is 0 Å². The number of methoxy groups -OCH3 is 2. The lowest BCUT2D eigenvalue weighted by Gasteiger charge is -2.36. The Kier molecular flexibility index (Phi) is 3.12. The molecular weight excluding hydrogens is 248 g/mol. The molecule has 3 rings (SSSR count). The first-order valence-electron chi connectivity index (χ1n) is 6.38. The summed E-state index contributed by atoms with van der Waals surface area (Å²) >= 11 is 0. The van der Waals surface area contributed by atoms with Gasteiger partial charge in [-0.1, -0.05) is 0 Å². The molecule has 2 aliphatic rings. The van der Waals surface area contributed by atoms with Crippen molar-refractivity contribution in [2.75, 3.05) is 27.4 Å². The van der Waals surface area contributed by atoms with Crippen LogP contribution in [-0.4, -0.2) is 38.3 Å². The van der Waals surface area contributed by atoms with E-state index in [0.717, 1.165) is 11.1 Å². The summed E-state index contributed by atoms with van der Waals surface area (Å²) in [6.45, 7) is 1.16. The Labute approximate surface area is 112 Å². The second-order valence-corrected chi connectivity index (χ2v) is 4.91. The highest BCUT2D eigenvalue weighted by Gasteiger charge is 2.43. The fraction of sp³-hybridized carbons (Fsp3) is 0.571. The molecule has 1 saturated heterocycles. The Hall–Kier alpha value is -1.30. The van der Waals surface area contributed by atoms with Crippen molar-refractivity contribution in [1.82, 2.24) is 0 Å². The third kappa shape index (κ3) is 2.08. The van der Waals surface area contributed by atoms with Gasteiger partial charge in [0.2, 0.25) is 0 Å². The molecule has 0 amide bonds. The topological polar surface area (TPSA) is 57.2 Å². The first-order chi connectivity index (χ1) is 9.17. The predicted molar refractivity (Wildman–Crippen MR) is 67.5 cm³/mol. The van der Waals surface area contributed by atoms with Gasteiger partial charge in [0.1, 0.15) is 0 Å². The minimum Gasteiger partial charge on any atom is -0.493 e. The Morgan fingerprint density at radius 1 is 1.16 bits per heavy atom. The fourth-order valence-electron chi connectivity index (χ4n) is 2.88. The van der Waals surface area contributed by atoms with E-state index in [-0.39, 0.29) is 0 Å². The van der Waals surface area contributed by atoms with Gasteiger partial charge in [0, 0.05) is 12.8 Å². The van der Waals surface area contributed by atoms with E-state index in [1.165, 1.54) is 0 Å². The van der Waals surface area contributed by atoms with E-state index in [9.17, 15) is 5.11 Å². The number of aliphatic hydroxyl groups excluding tert-OH is 1. The molecule has 1 aromatic carbocycles. The molecule has 104 valence electrons. The van der Waals surface area contributed by atoms with E-state index in [2.05, 4.69) is 0 Å². The molecule has 0 saturated carbocycles. The number of rotatable bonds is 2. The van der Waals surface area contributed by atoms with Gasteiger partial charge in [-0.05, 0) is 23.3 Å². The Morgan fingerprint density at radius 2 is 1.79 bits per heavy atom. The van der Waals surface area contributed by atoms with E-state index < -0.39 is 11.9 Å². The predicted octanol–water partition coefficient (Wildman–Crippen LogP) is 1.43. The summed E-state index contributed by atoms with van der Waals surface area (Å²) < 4.78 is 21.9. The number of benzene rings is 1. The zero-order chi connectivity index (χ0) is 13.5. The van der Waals surface area contributed by atoms with Crippen LogP contribution in [0.1, 0.15) is 23.7 Å². The van der Waals surface area contributed by atoms with Crippen LogP contribution in [0.2, 0.25) is 0 Å². The SMILES string of the molecule is COc1cc2c(cc1OC)[C@H](O)CC1(C2)OCCO1. The van der Waals surface area contributed by atoms with Gasteiger partial charge in [-0.15, -0.1) is 0 Å². The van der Waals surface area contributed by atoms with Crippen LogP contribution in [0, 0.1) is 0 Å². The van der Waals surface area contributed by atoms with Crippen molar-refractivity contribution in [1.29, 1.82) is 0 Å². The molecular formula is C14H18O5. The molecule has 5 nitrogen and oxygen atoms in total. The van der Waals surface area contributed by atoms with Crippen molar-refractivity contribution in [2.24, 2.45) is 0 Å². The molecule has 1 aliphatic carbocycles. The van der Waals surface area contributed by atoms with E-state index in [1.54, 1.807) is 14.2 Å². The van der Waals surface area contributed by atoms with Crippen LogP contribution < -0.4 is 9.47 Å². The molecule has 0 unspecified atom stereocenters. The number of ether oxygens (including phenoxy) is 4. The van der Waals surface area contributed by atoms with E-state index in [1.807, 2.05) is 12.1 Å². The van der Waals surface area contributed by atoms with Crippen LogP contribution in [0.25, 0.3) is 0 Å². The zero-order valence-corrected chi connectivity index (χ0v) is 11.1. The zero-order valence-electron chi connectivity index (χ0n) is 11.1. The largest absolute Gasteiger partial charge is 0.493 e. The Morgan fingerprint density at radius 3 is 2.42 bits per heavy atom. The minimum atomic E-state index is -0.675. The Balaban J connectivity index is 2.02. The average molecular weight is 266 g/mol. The van der Waals surface area contributed by atoms with Gasteiger partial charge in [0.15, 0.2) is 17.3 Å². The molecule has 0 radical (unpaired) electrons. The highest BCUT2D eigenvalue weighted by molar-refractivity contribution is 5.49. The normalized spacial score (nSPS) is 24.3. The lowest BCUT2D eigenvalue weighted by molar-refractivity contribution is -0.182. The van der Waals surface area contributed by atoms with Gasteiger partial charge in [-0.2, -0.15) is 0 Å². The van der Waals surface area contributed by atoms with Crippen LogP contribution in [0.5, 0.6) is 11.5 Å². The molecule has 1 aromatic rings. The summed E-state index contributed by atoms with van der Waals surface area (Å²) in [6, 6.07) is 3.73.